The van der Waals surface area contributed by atoms with Gasteiger partial charge >= 0.3 is 0 Å². The molecule has 6 heteroatoms. The van der Waals surface area contributed by atoms with Gasteiger partial charge in [-0.25, -0.2) is 4.39 Å². The van der Waals surface area contributed by atoms with Crippen molar-refractivity contribution in [1.82, 2.24) is 4.90 Å². The number of halogens is 1. The first-order valence-electron chi connectivity index (χ1n) is 8.01. The summed E-state index contributed by atoms with van der Waals surface area (Å²) in [6, 6.07) is 12.2. The van der Waals surface area contributed by atoms with Crippen LogP contribution in [0.5, 0.6) is 11.5 Å². The molecule has 0 radical (unpaired) electrons. The van der Waals surface area contributed by atoms with Crippen molar-refractivity contribution >= 4 is 27.3 Å². The molecule has 2 heterocycles. The van der Waals surface area contributed by atoms with Crippen molar-refractivity contribution in [2.45, 2.75) is 13.5 Å². The second-order valence-electron chi connectivity index (χ2n) is 5.77. The smallest absolute Gasteiger partial charge is 0.264 e. The summed E-state index contributed by atoms with van der Waals surface area (Å²) in [5, 5.41) is 0.495. The van der Waals surface area contributed by atoms with Gasteiger partial charge in [0.25, 0.3) is 5.91 Å². The second-order valence-corrected chi connectivity index (χ2v) is 6.85. The molecule has 0 bridgehead atoms. The molecule has 4 rings (SSSR count). The molecule has 0 aliphatic carbocycles. The van der Waals surface area contributed by atoms with Crippen LogP contribution in [-0.4, -0.2) is 24.1 Å². The van der Waals surface area contributed by atoms with E-state index in [-0.39, 0.29) is 18.5 Å². The Morgan fingerprint density at radius 2 is 2.04 bits per heavy atom. The lowest BCUT2D eigenvalue weighted by molar-refractivity contribution is 0.0757. The quantitative estimate of drug-likeness (QED) is 0.693. The fourth-order valence-electron chi connectivity index (χ4n) is 2.87. The van der Waals surface area contributed by atoms with E-state index in [0.717, 1.165) is 16.0 Å². The van der Waals surface area contributed by atoms with Gasteiger partial charge in [-0.3, -0.25) is 4.79 Å². The first-order chi connectivity index (χ1) is 12.2. The molecule has 0 fully saturated rings. The van der Waals surface area contributed by atoms with Crippen LogP contribution in [0.2, 0.25) is 0 Å². The third kappa shape index (κ3) is 2.93. The van der Waals surface area contributed by atoms with Gasteiger partial charge in [0, 0.05) is 23.2 Å². The Kier molecular flexibility index (Phi) is 4.05. The molecule has 4 nitrogen and oxygen atoms in total. The van der Waals surface area contributed by atoms with Crippen molar-refractivity contribution in [3.8, 4) is 11.5 Å². The molecule has 1 amide bonds. The number of thiophene rings is 1. The van der Waals surface area contributed by atoms with Gasteiger partial charge in [-0.05, 0) is 42.8 Å². The lowest BCUT2D eigenvalue weighted by atomic mass is 10.2. The lowest BCUT2D eigenvalue weighted by Crippen LogP contribution is -2.29. The number of benzene rings is 2. The van der Waals surface area contributed by atoms with Crippen LogP contribution in [0, 0.1) is 5.82 Å². The molecule has 2 aromatic carbocycles. The van der Waals surface area contributed by atoms with Crippen molar-refractivity contribution < 1.29 is 18.7 Å². The van der Waals surface area contributed by atoms with Crippen LogP contribution in [0.15, 0.2) is 42.5 Å². The van der Waals surface area contributed by atoms with Crippen molar-refractivity contribution in [2.75, 3.05) is 13.3 Å². The standard InChI is InChI=1S/C19H16FNO3S/c1-2-21(10-12-6-7-15-16(8-12)24-11-23-15)19(22)18-9-13-14(20)4-3-5-17(13)25-18/h3-9H,2,10-11H2,1H3. The van der Waals surface area contributed by atoms with Crippen molar-refractivity contribution in [1.29, 1.82) is 0 Å². The Labute approximate surface area is 148 Å². The fourth-order valence-corrected chi connectivity index (χ4v) is 3.92. The summed E-state index contributed by atoms with van der Waals surface area (Å²) in [7, 11) is 0. The Morgan fingerprint density at radius 1 is 1.20 bits per heavy atom. The van der Waals surface area contributed by atoms with E-state index in [0.29, 0.717) is 29.1 Å². The molecule has 0 unspecified atom stereocenters. The fraction of sp³-hybridized carbons (Fsp3) is 0.211. The maximum Gasteiger partial charge on any atom is 0.264 e. The summed E-state index contributed by atoms with van der Waals surface area (Å²) >= 11 is 1.32. The molecule has 3 aromatic rings. The second kappa shape index (κ2) is 6.37. The maximum absolute atomic E-state index is 13.9. The van der Waals surface area contributed by atoms with Gasteiger partial charge in [-0.2, -0.15) is 0 Å². The van der Waals surface area contributed by atoms with Crippen LogP contribution < -0.4 is 9.47 Å². The highest BCUT2D eigenvalue weighted by Crippen LogP contribution is 2.33. The first-order valence-corrected chi connectivity index (χ1v) is 8.83. The monoisotopic (exact) mass is 357 g/mol. The number of hydrogen-bond donors (Lipinski definition) is 0. The summed E-state index contributed by atoms with van der Waals surface area (Å²) in [5.41, 5.74) is 0.965. The summed E-state index contributed by atoms with van der Waals surface area (Å²) in [6.07, 6.45) is 0. The summed E-state index contributed by atoms with van der Waals surface area (Å²) in [5.74, 6) is 1.02. The number of fused-ring (bicyclic) bond motifs is 2. The molecule has 1 aromatic heterocycles. The van der Waals surface area contributed by atoms with Gasteiger partial charge in [0.1, 0.15) is 5.82 Å². The molecule has 0 saturated carbocycles. The third-order valence-corrected chi connectivity index (χ3v) is 5.29. The van der Waals surface area contributed by atoms with Gasteiger partial charge in [-0.1, -0.05) is 12.1 Å². The van der Waals surface area contributed by atoms with Gasteiger partial charge < -0.3 is 14.4 Å². The average molecular weight is 357 g/mol. The number of rotatable bonds is 4. The highest BCUT2D eigenvalue weighted by Gasteiger charge is 2.20. The third-order valence-electron chi connectivity index (χ3n) is 4.20. The number of amides is 1. The zero-order chi connectivity index (χ0) is 17.4. The van der Waals surface area contributed by atoms with E-state index >= 15 is 0 Å². The molecule has 128 valence electrons. The van der Waals surface area contributed by atoms with E-state index < -0.39 is 0 Å². The normalized spacial score (nSPS) is 12.6. The largest absolute Gasteiger partial charge is 0.454 e. The van der Waals surface area contributed by atoms with Crippen LogP contribution >= 0.6 is 11.3 Å². The highest BCUT2D eigenvalue weighted by molar-refractivity contribution is 7.20. The molecule has 0 atom stereocenters. The molecular weight excluding hydrogens is 341 g/mol. The number of nitrogens with zero attached hydrogens (tertiary/aromatic N) is 1. The number of carbonyl (C=O) groups is 1. The minimum absolute atomic E-state index is 0.0965. The molecule has 0 N–H and O–H groups in total. The molecular formula is C19H16FNO3S. The highest BCUT2D eigenvalue weighted by atomic mass is 32.1. The Morgan fingerprint density at radius 3 is 2.84 bits per heavy atom. The van der Waals surface area contributed by atoms with Gasteiger partial charge in [0.15, 0.2) is 11.5 Å². The number of ether oxygens (including phenoxy) is 2. The van der Waals surface area contributed by atoms with Crippen molar-refractivity contribution in [3.63, 3.8) is 0 Å². The predicted octanol–water partition coefficient (Wildman–Crippen LogP) is 4.43. The van der Waals surface area contributed by atoms with Crippen molar-refractivity contribution in [3.05, 3.63) is 58.7 Å². The van der Waals surface area contributed by atoms with E-state index in [1.54, 1.807) is 17.0 Å². The average Bonchev–Trinajstić information content (AvgIpc) is 3.26. The van der Waals surface area contributed by atoms with Gasteiger partial charge in [-0.15, -0.1) is 11.3 Å². The van der Waals surface area contributed by atoms with Crippen LogP contribution in [-0.2, 0) is 6.54 Å². The van der Waals surface area contributed by atoms with E-state index in [4.69, 9.17) is 9.47 Å². The maximum atomic E-state index is 13.9. The predicted molar refractivity (Wildman–Crippen MR) is 94.8 cm³/mol. The molecule has 0 spiro atoms. The van der Waals surface area contributed by atoms with Crippen LogP contribution in [0.1, 0.15) is 22.2 Å². The molecule has 1 aliphatic rings. The minimum Gasteiger partial charge on any atom is -0.454 e. The van der Waals surface area contributed by atoms with E-state index in [2.05, 4.69) is 0 Å². The van der Waals surface area contributed by atoms with Crippen LogP contribution in [0.4, 0.5) is 4.39 Å². The van der Waals surface area contributed by atoms with Crippen molar-refractivity contribution in [2.24, 2.45) is 0 Å². The zero-order valence-corrected chi connectivity index (χ0v) is 14.4. The molecule has 25 heavy (non-hydrogen) atoms. The molecule has 1 aliphatic heterocycles. The summed E-state index contributed by atoms with van der Waals surface area (Å²) in [6.45, 7) is 3.17. The zero-order valence-electron chi connectivity index (χ0n) is 13.6. The Hall–Kier alpha value is -2.60. The minimum atomic E-state index is -0.299. The Bertz CT molecular complexity index is 953. The Balaban J connectivity index is 1.59. The number of carbonyl (C=O) groups excluding carboxylic acids is 1. The lowest BCUT2D eigenvalue weighted by Gasteiger charge is -2.20. The van der Waals surface area contributed by atoms with Crippen LogP contribution in [0.25, 0.3) is 10.1 Å². The SMILES string of the molecule is CCN(Cc1ccc2c(c1)OCO2)C(=O)c1cc2c(F)cccc2s1. The van der Waals surface area contributed by atoms with Gasteiger partial charge in [0.05, 0.1) is 4.88 Å². The first kappa shape index (κ1) is 15.9. The number of hydrogen-bond acceptors (Lipinski definition) is 4. The van der Waals surface area contributed by atoms with E-state index in [1.807, 2.05) is 31.2 Å². The van der Waals surface area contributed by atoms with E-state index in [9.17, 15) is 9.18 Å². The summed E-state index contributed by atoms with van der Waals surface area (Å²) in [4.78, 5) is 15.1. The van der Waals surface area contributed by atoms with E-state index in [1.165, 1.54) is 17.4 Å². The summed E-state index contributed by atoms with van der Waals surface area (Å²) < 4.78 is 25.4. The van der Waals surface area contributed by atoms with Gasteiger partial charge in [0.2, 0.25) is 6.79 Å². The van der Waals surface area contributed by atoms with Crippen LogP contribution in [0.3, 0.4) is 0 Å². The molecule has 0 saturated heterocycles. The topological polar surface area (TPSA) is 38.8 Å².